The molecule has 0 fully saturated rings. The monoisotopic (exact) mass is 297 g/mol. The molecule has 0 saturated heterocycles. The number of aromatic nitrogens is 2. The van der Waals surface area contributed by atoms with E-state index in [-0.39, 0.29) is 11.2 Å². The number of pyridine rings is 2. The first-order valence-electron chi connectivity index (χ1n) is 7.00. The summed E-state index contributed by atoms with van der Waals surface area (Å²) in [7, 11) is 0. The van der Waals surface area contributed by atoms with Gasteiger partial charge < -0.3 is 10.5 Å². The van der Waals surface area contributed by atoms with E-state index < -0.39 is 11.5 Å². The minimum atomic E-state index is -0.781. The summed E-state index contributed by atoms with van der Waals surface area (Å²) < 4.78 is 0.407. The van der Waals surface area contributed by atoms with Gasteiger partial charge in [-0.1, -0.05) is 18.2 Å². The Hall–Kier alpha value is -2.89. The summed E-state index contributed by atoms with van der Waals surface area (Å²) in [5, 5.41) is 13.1. The lowest BCUT2D eigenvalue weighted by Crippen LogP contribution is -2.33. The molecule has 2 aromatic rings. The maximum Gasteiger partial charge on any atom is 0.297 e. The lowest BCUT2D eigenvalue weighted by molar-refractivity contribution is 0.0950. The molecule has 2 heterocycles. The summed E-state index contributed by atoms with van der Waals surface area (Å²) in [5.41, 5.74) is 0.244. The molecule has 0 spiro atoms. The van der Waals surface area contributed by atoms with Crippen LogP contribution in [0.15, 0.2) is 53.0 Å². The van der Waals surface area contributed by atoms with Gasteiger partial charge in [0.1, 0.15) is 5.56 Å². The van der Waals surface area contributed by atoms with Crippen LogP contribution in [0, 0.1) is 0 Å². The molecule has 22 heavy (non-hydrogen) atoms. The van der Waals surface area contributed by atoms with Gasteiger partial charge in [-0.3, -0.25) is 9.59 Å². The molecule has 1 amide bonds. The third kappa shape index (κ3) is 2.63. The molecule has 1 aliphatic carbocycles. The van der Waals surface area contributed by atoms with Gasteiger partial charge in [0.15, 0.2) is 5.65 Å². The van der Waals surface area contributed by atoms with Crippen molar-refractivity contribution in [2.75, 3.05) is 6.54 Å². The van der Waals surface area contributed by atoms with Crippen LogP contribution in [0.1, 0.15) is 23.2 Å². The molecular formula is C16H15N3O3. The van der Waals surface area contributed by atoms with Crippen molar-refractivity contribution < 1.29 is 10.0 Å². The average Bonchev–Trinajstić information content (AvgIpc) is 2.57. The molecule has 2 N–H and O–H groups in total. The smallest absolute Gasteiger partial charge is 0.297 e. The average molecular weight is 297 g/mol. The first kappa shape index (κ1) is 14.1. The molecule has 0 atom stereocenters. The van der Waals surface area contributed by atoms with Crippen molar-refractivity contribution in [3.05, 3.63) is 64.1 Å². The van der Waals surface area contributed by atoms with Crippen molar-refractivity contribution in [1.82, 2.24) is 15.0 Å². The van der Waals surface area contributed by atoms with Gasteiger partial charge in [0, 0.05) is 18.1 Å². The van der Waals surface area contributed by atoms with Crippen LogP contribution >= 0.6 is 0 Å². The summed E-state index contributed by atoms with van der Waals surface area (Å²) >= 11 is 0. The maximum absolute atomic E-state index is 12.2. The molecule has 0 radical (unpaired) electrons. The molecular weight excluding hydrogens is 282 g/mol. The number of fused-ring (bicyclic) bond motifs is 1. The zero-order valence-corrected chi connectivity index (χ0v) is 11.8. The first-order valence-corrected chi connectivity index (χ1v) is 7.00. The summed E-state index contributed by atoms with van der Waals surface area (Å²) in [6, 6.07) is 4.79. The van der Waals surface area contributed by atoms with E-state index in [1.807, 2.05) is 12.2 Å². The van der Waals surface area contributed by atoms with E-state index in [2.05, 4.69) is 16.4 Å². The number of hydrogen-bond donors (Lipinski definition) is 2. The normalized spacial score (nSPS) is 13.9. The summed E-state index contributed by atoms with van der Waals surface area (Å²) in [5.74, 6) is -0.515. The molecule has 1 aliphatic rings. The van der Waals surface area contributed by atoms with Crippen molar-refractivity contribution in [2.45, 2.75) is 12.8 Å². The van der Waals surface area contributed by atoms with Crippen LogP contribution in [-0.2, 0) is 0 Å². The number of nitrogens with one attached hydrogen (secondary N) is 1. The van der Waals surface area contributed by atoms with Gasteiger partial charge in [0.05, 0.1) is 0 Å². The third-order valence-corrected chi connectivity index (χ3v) is 3.51. The van der Waals surface area contributed by atoms with Crippen molar-refractivity contribution in [2.24, 2.45) is 0 Å². The highest BCUT2D eigenvalue weighted by Gasteiger charge is 2.15. The second-order valence-corrected chi connectivity index (χ2v) is 5.03. The van der Waals surface area contributed by atoms with E-state index in [1.165, 1.54) is 12.3 Å². The van der Waals surface area contributed by atoms with E-state index >= 15 is 0 Å². The van der Waals surface area contributed by atoms with Crippen molar-refractivity contribution in [3.63, 3.8) is 0 Å². The second kappa shape index (κ2) is 5.85. The molecule has 0 bridgehead atoms. The molecule has 112 valence electrons. The number of nitrogens with zero attached hydrogens (tertiary/aromatic N) is 2. The van der Waals surface area contributed by atoms with Gasteiger partial charge in [-0.15, -0.1) is 4.73 Å². The Kier molecular flexibility index (Phi) is 3.74. The van der Waals surface area contributed by atoms with Gasteiger partial charge in [0.2, 0.25) is 0 Å². The molecule has 0 unspecified atom stereocenters. The number of amides is 1. The van der Waals surface area contributed by atoms with E-state index in [0.29, 0.717) is 16.7 Å². The quantitative estimate of drug-likeness (QED) is 0.844. The number of allylic oxidation sites excluding steroid dienone is 2. The standard InChI is InChI=1S/C16H15N3O3/c20-15(18-10-11-5-2-1-3-6-11)13-9-12-7-4-8-17-14(12)19(22)16(13)21/h2,4-9,22H,1,3,10H2,(H,18,20). The highest BCUT2D eigenvalue weighted by molar-refractivity contribution is 5.96. The first-order chi connectivity index (χ1) is 10.7. The van der Waals surface area contributed by atoms with Crippen molar-refractivity contribution in [3.8, 4) is 0 Å². The summed E-state index contributed by atoms with van der Waals surface area (Å²) in [4.78, 5) is 28.2. The van der Waals surface area contributed by atoms with Gasteiger partial charge in [-0.2, -0.15) is 0 Å². The van der Waals surface area contributed by atoms with E-state index in [1.54, 1.807) is 12.1 Å². The summed E-state index contributed by atoms with van der Waals surface area (Å²) in [6.07, 6.45) is 9.48. The van der Waals surface area contributed by atoms with Crippen LogP contribution in [0.4, 0.5) is 0 Å². The van der Waals surface area contributed by atoms with Crippen LogP contribution in [0.3, 0.4) is 0 Å². The van der Waals surface area contributed by atoms with Crippen molar-refractivity contribution in [1.29, 1.82) is 0 Å². The Bertz CT molecular complexity index is 849. The fraction of sp³-hybridized carbons (Fsp3) is 0.188. The van der Waals surface area contributed by atoms with Crippen LogP contribution in [0.2, 0.25) is 0 Å². The van der Waals surface area contributed by atoms with Gasteiger partial charge >= 0.3 is 0 Å². The predicted molar refractivity (Wildman–Crippen MR) is 82.0 cm³/mol. The minimum absolute atomic E-state index is 0.108. The maximum atomic E-state index is 12.2. The molecule has 2 aromatic heterocycles. The largest absolute Gasteiger partial charge is 0.423 e. The fourth-order valence-corrected chi connectivity index (χ4v) is 2.37. The highest BCUT2D eigenvalue weighted by atomic mass is 16.5. The minimum Gasteiger partial charge on any atom is -0.423 e. The van der Waals surface area contributed by atoms with Crippen LogP contribution in [-0.4, -0.2) is 27.4 Å². The van der Waals surface area contributed by atoms with Gasteiger partial charge in [-0.05, 0) is 36.6 Å². The van der Waals surface area contributed by atoms with E-state index in [9.17, 15) is 14.8 Å². The Balaban J connectivity index is 1.87. The summed E-state index contributed by atoms with van der Waals surface area (Å²) in [6.45, 7) is 0.352. The second-order valence-electron chi connectivity index (χ2n) is 5.03. The number of rotatable bonds is 3. The number of carbonyl (C=O) groups excluding carboxylic acids is 1. The molecule has 0 aliphatic heterocycles. The van der Waals surface area contributed by atoms with Gasteiger partial charge in [0.25, 0.3) is 11.5 Å². The molecule has 6 heteroatoms. The molecule has 0 aromatic carbocycles. The number of hydrogen-bond acceptors (Lipinski definition) is 4. The predicted octanol–water partition coefficient (Wildman–Crippen LogP) is 1.64. The lowest BCUT2D eigenvalue weighted by Gasteiger charge is -2.10. The van der Waals surface area contributed by atoms with Crippen LogP contribution in [0.5, 0.6) is 0 Å². The fourth-order valence-electron chi connectivity index (χ4n) is 2.37. The SMILES string of the molecule is O=C(NCC1=CCCC=C1)c1cc2cccnc2n(O)c1=O. The van der Waals surface area contributed by atoms with Crippen molar-refractivity contribution >= 4 is 16.9 Å². The Morgan fingerprint density at radius 3 is 3.05 bits per heavy atom. The third-order valence-electron chi connectivity index (χ3n) is 3.51. The molecule has 0 saturated carbocycles. The lowest BCUT2D eigenvalue weighted by atomic mass is 10.1. The van der Waals surface area contributed by atoms with Crippen LogP contribution < -0.4 is 10.9 Å². The van der Waals surface area contributed by atoms with Gasteiger partial charge in [-0.25, -0.2) is 4.98 Å². The Morgan fingerprint density at radius 2 is 2.27 bits per heavy atom. The Labute approximate surface area is 126 Å². The van der Waals surface area contributed by atoms with E-state index in [4.69, 9.17) is 0 Å². The van der Waals surface area contributed by atoms with E-state index in [0.717, 1.165) is 18.4 Å². The topological polar surface area (TPSA) is 84.2 Å². The highest BCUT2D eigenvalue weighted by Crippen LogP contribution is 2.11. The molecule has 3 rings (SSSR count). The van der Waals surface area contributed by atoms with Crippen LogP contribution in [0.25, 0.3) is 11.0 Å². The molecule has 6 nitrogen and oxygen atoms in total. The number of carbonyl (C=O) groups is 1. The Morgan fingerprint density at radius 1 is 1.41 bits per heavy atom. The zero-order chi connectivity index (χ0) is 15.5. The zero-order valence-electron chi connectivity index (χ0n) is 11.8.